The Morgan fingerprint density at radius 1 is 1.19 bits per heavy atom. The average molecular weight is 444 g/mol. The Labute approximate surface area is 181 Å². The third kappa shape index (κ3) is 5.47. The Hall–Kier alpha value is -3.24. The van der Waals surface area contributed by atoms with Gasteiger partial charge in [-0.2, -0.15) is 5.10 Å². The molecule has 0 aliphatic carbocycles. The van der Waals surface area contributed by atoms with Crippen molar-refractivity contribution in [1.29, 1.82) is 0 Å². The van der Waals surface area contributed by atoms with Crippen LogP contribution in [0.25, 0.3) is 16.9 Å². The molecule has 0 aliphatic rings. The summed E-state index contributed by atoms with van der Waals surface area (Å²) in [6.45, 7) is 2.66. The van der Waals surface area contributed by atoms with Gasteiger partial charge in [0, 0.05) is 31.8 Å². The molecule has 2 aromatic heterocycles. The summed E-state index contributed by atoms with van der Waals surface area (Å²) in [6, 6.07) is 12.7. The van der Waals surface area contributed by atoms with Crippen molar-refractivity contribution in [1.82, 2.24) is 24.4 Å². The van der Waals surface area contributed by atoms with Gasteiger partial charge in [0.1, 0.15) is 0 Å². The van der Waals surface area contributed by atoms with Crippen molar-refractivity contribution in [3.8, 4) is 22.8 Å². The molecule has 164 valence electrons. The largest absolute Gasteiger partial charge is 0.481 e. The molecule has 2 heterocycles. The van der Waals surface area contributed by atoms with Gasteiger partial charge >= 0.3 is 0 Å². The molecule has 0 aliphatic heterocycles. The van der Waals surface area contributed by atoms with Crippen molar-refractivity contribution in [3.63, 3.8) is 0 Å². The molecular weight excluding hydrogens is 418 g/mol. The molecule has 31 heavy (non-hydrogen) atoms. The summed E-state index contributed by atoms with van der Waals surface area (Å²) < 4.78 is 31.9. The van der Waals surface area contributed by atoms with Crippen LogP contribution in [0.4, 0.5) is 0 Å². The summed E-state index contributed by atoms with van der Waals surface area (Å²) in [4.78, 5) is 18.5. The predicted molar refractivity (Wildman–Crippen MR) is 118 cm³/mol. The molecule has 10 heteroatoms. The Bertz CT molecular complexity index is 1160. The number of nitrogens with one attached hydrogen (secondary N) is 1. The summed E-state index contributed by atoms with van der Waals surface area (Å²) in [5.41, 5.74) is 3.34. The number of sulfonamides is 1. The zero-order chi connectivity index (χ0) is 22.6. The van der Waals surface area contributed by atoms with E-state index < -0.39 is 10.0 Å². The fraction of sp³-hybridized carbons (Fsp3) is 0.286. The summed E-state index contributed by atoms with van der Waals surface area (Å²) in [5.74, 6) is 0.292. The molecule has 0 saturated carbocycles. The summed E-state index contributed by atoms with van der Waals surface area (Å²) >= 11 is 0. The maximum absolute atomic E-state index is 12.7. The minimum absolute atomic E-state index is 0.182. The van der Waals surface area contributed by atoms with Crippen molar-refractivity contribution in [2.24, 2.45) is 0 Å². The summed E-state index contributed by atoms with van der Waals surface area (Å²) in [7, 11) is -0.0112. The molecule has 9 nitrogen and oxygen atoms in total. The molecule has 0 saturated heterocycles. The van der Waals surface area contributed by atoms with Crippen LogP contribution in [0, 0.1) is 0 Å². The highest BCUT2D eigenvalue weighted by Crippen LogP contribution is 2.25. The van der Waals surface area contributed by atoms with Crippen LogP contribution < -0.4 is 9.46 Å². The molecule has 0 bridgehead atoms. The molecule has 0 unspecified atom stereocenters. The predicted octanol–water partition coefficient (Wildman–Crippen LogP) is 2.08. The van der Waals surface area contributed by atoms with Gasteiger partial charge in [0.15, 0.2) is 5.69 Å². The fourth-order valence-corrected chi connectivity index (χ4v) is 3.28. The number of hydrogen-bond acceptors (Lipinski definition) is 6. The average Bonchev–Trinajstić information content (AvgIpc) is 3.22. The molecule has 0 fully saturated rings. The minimum Gasteiger partial charge on any atom is -0.481 e. The Morgan fingerprint density at radius 3 is 2.45 bits per heavy atom. The lowest BCUT2D eigenvalue weighted by molar-refractivity contribution is 0.0796. The van der Waals surface area contributed by atoms with Crippen molar-refractivity contribution >= 4 is 15.9 Å². The van der Waals surface area contributed by atoms with Crippen molar-refractivity contribution in [2.45, 2.75) is 13.5 Å². The van der Waals surface area contributed by atoms with Gasteiger partial charge in [-0.15, -0.1) is 0 Å². The van der Waals surface area contributed by atoms with E-state index in [1.165, 1.54) is 0 Å². The lowest BCUT2D eigenvalue weighted by atomic mass is 10.1. The van der Waals surface area contributed by atoms with E-state index in [1.54, 1.807) is 42.1 Å². The second kappa shape index (κ2) is 9.27. The topological polar surface area (TPSA) is 106 Å². The maximum atomic E-state index is 12.7. The van der Waals surface area contributed by atoms with Crippen LogP contribution in [0.5, 0.6) is 5.88 Å². The smallest absolute Gasteiger partial charge is 0.274 e. The zero-order valence-electron chi connectivity index (χ0n) is 17.9. The number of carbonyl (C=O) groups excluding carboxylic acids is 1. The molecule has 0 spiro atoms. The molecule has 1 N–H and O–H groups in total. The van der Waals surface area contributed by atoms with Gasteiger partial charge in [0.2, 0.25) is 15.9 Å². The quantitative estimate of drug-likeness (QED) is 0.571. The molecule has 0 radical (unpaired) electrons. The Kier molecular flexibility index (Phi) is 6.71. The minimum atomic E-state index is -3.27. The number of amides is 1. The lowest BCUT2D eigenvalue weighted by Crippen LogP contribution is -2.26. The molecule has 3 rings (SSSR count). The normalized spacial score (nSPS) is 11.4. The van der Waals surface area contributed by atoms with Crippen LogP contribution in [0.2, 0.25) is 0 Å². The van der Waals surface area contributed by atoms with Crippen LogP contribution in [-0.4, -0.2) is 60.9 Å². The highest BCUT2D eigenvalue weighted by molar-refractivity contribution is 7.88. The molecular formula is C21H25N5O4S. The van der Waals surface area contributed by atoms with Crippen LogP contribution in [0.1, 0.15) is 23.0 Å². The van der Waals surface area contributed by atoms with E-state index in [0.717, 1.165) is 17.4 Å². The first-order valence-corrected chi connectivity index (χ1v) is 11.5. The van der Waals surface area contributed by atoms with Gasteiger partial charge in [0.05, 0.1) is 30.9 Å². The van der Waals surface area contributed by atoms with Crippen LogP contribution in [0.15, 0.2) is 48.7 Å². The first kappa shape index (κ1) is 22.4. The SMILES string of the molecule is CCN(C)C(=O)c1cc(-c2ccc(CNS(C)(=O)=O)cc2)n(-c2ccc(OC)nc2)n1. The second-order valence-corrected chi connectivity index (χ2v) is 8.83. The molecule has 1 amide bonds. The number of benzene rings is 1. The molecule has 1 aromatic carbocycles. The maximum Gasteiger partial charge on any atom is 0.274 e. The van der Waals surface area contributed by atoms with Crippen LogP contribution in [-0.2, 0) is 16.6 Å². The third-order valence-electron chi connectivity index (χ3n) is 4.71. The first-order valence-electron chi connectivity index (χ1n) is 9.61. The van der Waals surface area contributed by atoms with Crippen molar-refractivity contribution in [2.75, 3.05) is 27.0 Å². The van der Waals surface area contributed by atoms with Crippen molar-refractivity contribution in [3.05, 3.63) is 59.9 Å². The Balaban J connectivity index is 2.00. The van der Waals surface area contributed by atoms with Gasteiger partial charge in [-0.3, -0.25) is 4.79 Å². The van der Waals surface area contributed by atoms with Gasteiger partial charge in [-0.1, -0.05) is 24.3 Å². The number of methoxy groups -OCH3 is 1. The van der Waals surface area contributed by atoms with Gasteiger partial charge in [0.25, 0.3) is 5.91 Å². The van der Waals surface area contributed by atoms with E-state index in [-0.39, 0.29) is 12.5 Å². The number of pyridine rings is 1. The molecule has 0 atom stereocenters. The van der Waals surface area contributed by atoms with E-state index in [0.29, 0.717) is 29.5 Å². The van der Waals surface area contributed by atoms with E-state index in [1.807, 2.05) is 37.3 Å². The lowest BCUT2D eigenvalue weighted by Gasteiger charge is -2.11. The van der Waals surface area contributed by atoms with Crippen molar-refractivity contribution < 1.29 is 17.9 Å². The summed E-state index contributed by atoms with van der Waals surface area (Å²) in [5, 5.41) is 4.53. The zero-order valence-corrected chi connectivity index (χ0v) is 18.7. The van der Waals surface area contributed by atoms with Gasteiger partial charge < -0.3 is 9.64 Å². The Morgan fingerprint density at radius 2 is 1.90 bits per heavy atom. The number of rotatable bonds is 8. The number of aromatic nitrogens is 3. The van der Waals surface area contributed by atoms with Crippen LogP contribution >= 0.6 is 0 Å². The number of nitrogens with zero attached hydrogens (tertiary/aromatic N) is 4. The highest BCUT2D eigenvalue weighted by atomic mass is 32.2. The van der Waals surface area contributed by atoms with Gasteiger partial charge in [-0.05, 0) is 24.6 Å². The second-order valence-electron chi connectivity index (χ2n) is 6.99. The standard InChI is InChI=1S/C21H25N5O4S/c1-5-25(2)21(27)18-12-19(26(24-18)17-10-11-20(30-3)22-14-17)16-8-6-15(7-9-16)13-23-31(4,28)29/h6-12,14,23H,5,13H2,1-4H3. The van der Waals surface area contributed by atoms with Crippen LogP contribution in [0.3, 0.4) is 0 Å². The first-order chi connectivity index (χ1) is 14.7. The van der Waals surface area contributed by atoms with E-state index in [4.69, 9.17) is 4.74 Å². The molecule has 3 aromatic rings. The third-order valence-corrected chi connectivity index (χ3v) is 5.38. The number of ether oxygens (including phenoxy) is 1. The highest BCUT2D eigenvalue weighted by Gasteiger charge is 2.19. The monoisotopic (exact) mass is 443 g/mol. The summed E-state index contributed by atoms with van der Waals surface area (Å²) in [6.07, 6.45) is 2.74. The van der Waals surface area contributed by atoms with E-state index >= 15 is 0 Å². The van der Waals surface area contributed by atoms with Gasteiger partial charge in [-0.25, -0.2) is 22.8 Å². The van der Waals surface area contributed by atoms with E-state index in [9.17, 15) is 13.2 Å². The number of carbonyl (C=O) groups is 1. The fourth-order valence-electron chi connectivity index (χ4n) is 2.85. The van der Waals surface area contributed by atoms with E-state index in [2.05, 4.69) is 14.8 Å². The number of hydrogen-bond donors (Lipinski definition) is 1.